The van der Waals surface area contributed by atoms with Gasteiger partial charge in [-0.15, -0.1) is 11.8 Å². The number of nitrogens with one attached hydrogen (secondary N) is 1. The normalized spacial score (nSPS) is 21.8. The summed E-state index contributed by atoms with van der Waals surface area (Å²) in [6.07, 6.45) is 4.64. The summed E-state index contributed by atoms with van der Waals surface area (Å²) in [7, 11) is 1.78. The number of thioether (sulfide) groups is 1. The molecule has 0 saturated heterocycles. The Bertz CT molecular complexity index is 467. The zero-order valence-corrected chi connectivity index (χ0v) is 12.8. The smallest absolute Gasteiger partial charge is 0.321 e. The fraction of sp³-hybridized carbons (Fsp3) is 0.533. The quantitative estimate of drug-likeness (QED) is 0.839. The molecule has 0 aliphatic heterocycles. The summed E-state index contributed by atoms with van der Waals surface area (Å²) in [6.45, 7) is 0.606. The van der Waals surface area contributed by atoms with Crippen molar-refractivity contribution in [2.24, 2.45) is 5.92 Å². The lowest BCUT2D eigenvalue weighted by Crippen LogP contribution is -2.37. The summed E-state index contributed by atoms with van der Waals surface area (Å²) in [4.78, 5) is 14.9. The minimum Gasteiger partial charge on any atom is -0.393 e. The zero-order chi connectivity index (χ0) is 14.5. The van der Waals surface area contributed by atoms with Gasteiger partial charge in [-0.05, 0) is 31.2 Å². The summed E-state index contributed by atoms with van der Waals surface area (Å²) in [5.74, 6) is 0.210. The number of carbonyl (C=O) groups excluding carboxylic acids is 1. The molecule has 20 heavy (non-hydrogen) atoms. The van der Waals surface area contributed by atoms with Gasteiger partial charge in [0.25, 0.3) is 0 Å². The standard InChI is InChI=1S/C15H22N2O2S/c1-17(10-11-6-5-8-13(11)18)15(19)16-12-7-3-4-9-14(12)20-2/h3-4,7,9,11,13,18H,5-6,8,10H2,1-2H3,(H,16,19). The van der Waals surface area contributed by atoms with Gasteiger partial charge >= 0.3 is 6.03 Å². The lowest BCUT2D eigenvalue weighted by molar-refractivity contribution is 0.116. The molecular weight excluding hydrogens is 272 g/mol. The number of hydrogen-bond acceptors (Lipinski definition) is 3. The first-order chi connectivity index (χ1) is 9.61. The van der Waals surface area contributed by atoms with E-state index < -0.39 is 0 Å². The molecule has 1 saturated carbocycles. The Labute approximate surface area is 124 Å². The number of para-hydroxylation sites is 1. The number of aliphatic hydroxyl groups is 1. The van der Waals surface area contributed by atoms with Gasteiger partial charge in [0.2, 0.25) is 0 Å². The molecule has 2 amide bonds. The van der Waals surface area contributed by atoms with E-state index in [1.165, 1.54) is 0 Å². The van der Waals surface area contributed by atoms with Crippen molar-refractivity contribution >= 4 is 23.5 Å². The van der Waals surface area contributed by atoms with Gasteiger partial charge in [0, 0.05) is 24.4 Å². The molecule has 4 nitrogen and oxygen atoms in total. The number of nitrogens with zero attached hydrogens (tertiary/aromatic N) is 1. The van der Waals surface area contributed by atoms with E-state index >= 15 is 0 Å². The first kappa shape index (κ1) is 15.2. The number of aliphatic hydroxyl groups excluding tert-OH is 1. The number of benzene rings is 1. The molecule has 0 spiro atoms. The van der Waals surface area contributed by atoms with E-state index in [4.69, 9.17) is 0 Å². The summed E-state index contributed by atoms with van der Waals surface area (Å²) in [5, 5.41) is 12.8. The second kappa shape index (κ2) is 6.99. The average molecular weight is 294 g/mol. The minimum atomic E-state index is -0.260. The largest absolute Gasteiger partial charge is 0.393 e. The Morgan fingerprint density at radius 3 is 2.85 bits per heavy atom. The van der Waals surface area contributed by atoms with Gasteiger partial charge in [0.15, 0.2) is 0 Å². The second-order valence-electron chi connectivity index (χ2n) is 5.27. The molecule has 1 aromatic rings. The Hall–Kier alpha value is -1.20. The molecule has 2 unspecified atom stereocenters. The second-order valence-corrected chi connectivity index (χ2v) is 6.12. The van der Waals surface area contributed by atoms with Crippen LogP contribution in [-0.2, 0) is 0 Å². The third kappa shape index (κ3) is 3.67. The molecular formula is C15H22N2O2S. The van der Waals surface area contributed by atoms with Crippen LogP contribution in [0.15, 0.2) is 29.2 Å². The third-order valence-electron chi connectivity index (χ3n) is 3.82. The fourth-order valence-corrected chi connectivity index (χ4v) is 3.18. The highest BCUT2D eigenvalue weighted by molar-refractivity contribution is 7.98. The van der Waals surface area contributed by atoms with Gasteiger partial charge in [-0.2, -0.15) is 0 Å². The monoisotopic (exact) mass is 294 g/mol. The van der Waals surface area contributed by atoms with Crippen LogP contribution in [0.2, 0.25) is 0 Å². The van der Waals surface area contributed by atoms with Crippen molar-refractivity contribution in [2.75, 3.05) is 25.2 Å². The van der Waals surface area contributed by atoms with Crippen LogP contribution in [0.5, 0.6) is 0 Å². The Morgan fingerprint density at radius 2 is 2.20 bits per heavy atom. The van der Waals surface area contributed by atoms with E-state index in [0.717, 1.165) is 29.8 Å². The van der Waals surface area contributed by atoms with Crippen LogP contribution in [0.1, 0.15) is 19.3 Å². The molecule has 2 atom stereocenters. The molecule has 1 aromatic carbocycles. The van der Waals surface area contributed by atoms with Crippen molar-refractivity contribution in [1.82, 2.24) is 4.90 Å². The number of anilines is 1. The van der Waals surface area contributed by atoms with E-state index in [9.17, 15) is 9.90 Å². The highest BCUT2D eigenvalue weighted by atomic mass is 32.2. The van der Waals surface area contributed by atoms with Crippen molar-refractivity contribution in [3.63, 3.8) is 0 Å². The van der Waals surface area contributed by atoms with Crippen LogP contribution in [0.3, 0.4) is 0 Å². The number of hydrogen-bond donors (Lipinski definition) is 2. The Balaban J connectivity index is 1.93. The summed E-state index contributed by atoms with van der Waals surface area (Å²) in [6, 6.07) is 7.64. The van der Waals surface area contributed by atoms with Crippen LogP contribution in [0.25, 0.3) is 0 Å². The van der Waals surface area contributed by atoms with E-state index in [1.54, 1.807) is 23.7 Å². The van der Waals surface area contributed by atoms with Gasteiger partial charge in [-0.3, -0.25) is 0 Å². The highest BCUT2D eigenvalue weighted by Crippen LogP contribution is 2.27. The zero-order valence-electron chi connectivity index (χ0n) is 12.0. The molecule has 1 aliphatic rings. The molecule has 1 aliphatic carbocycles. The number of rotatable bonds is 4. The Morgan fingerprint density at radius 1 is 1.45 bits per heavy atom. The lowest BCUT2D eigenvalue weighted by Gasteiger charge is -2.24. The highest BCUT2D eigenvalue weighted by Gasteiger charge is 2.27. The number of amides is 2. The number of carbonyl (C=O) groups is 1. The van der Waals surface area contributed by atoms with Crippen molar-refractivity contribution in [3.8, 4) is 0 Å². The maximum Gasteiger partial charge on any atom is 0.321 e. The van der Waals surface area contributed by atoms with Gasteiger partial charge < -0.3 is 15.3 Å². The first-order valence-corrected chi connectivity index (χ1v) is 8.17. The summed E-state index contributed by atoms with van der Waals surface area (Å²) >= 11 is 1.61. The molecule has 2 N–H and O–H groups in total. The first-order valence-electron chi connectivity index (χ1n) is 6.95. The number of urea groups is 1. The van der Waals surface area contributed by atoms with E-state index in [1.807, 2.05) is 30.5 Å². The maximum absolute atomic E-state index is 12.2. The minimum absolute atomic E-state index is 0.120. The van der Waals surface area contributed by atoms with Gasteiger partial charge in [0.1, 0.15) is 0 Å². The predicted octanol–water partition coefficient (Wildman–Crippen LogP) is 3.03. The lowest BCUT2D eigenvalue weighted by atomic mass is 10.1. The van der Waals surface area contributed by atoms with Crippen LogP contribution in [0.4, 0.5) is 10.5 Å². The van der Waals surface area contributed by atoms with Crippen molar-refractivity contribution < 1.29 is 9.90 Å². The molecule has 0 radical (unpaired) electrons. The molecule has 5 heteroatoms. The molecule has 0 heterocycles. The van der Waals surface area contributed by atoms with Gasteiger partial charge in [0.05, 0.1) is 11.8 Å². The van der Waals surface area contributed by atoms with E-state index in [2.05, 4.69) is 5.32 Å². The SMILES string of the molecule is CSc1ccccc1NC(=O)N(C)CC1CCCC1O. The molecule has 1 fully saturated rings. The van der Waals surface area contributed by atoms with Crippen LogP contribution >= 0.6 is 11.8 Å². The van der Waals surface area contributed by atoms with Crippen LogP contribution in [-0.4, -0.2) is 42.0 Å². The average Bonchev–Trinajstić information content (AvgIpc) is 2.84. The van der Waals surface area contributed by atoms with Gasteiger partial charge in [-0.1, -0.05) is 18.6 Å². The maximum atomic E-state index is 12.2. The summed E-state index contributed by atoms with van der Waals surface area (Å²) < 4.78 is 0. The fourth-order valence-electron chi connectivity index (χ4n) is 2.62. The van der Waals surface area contributed by atoms with E-state index in [0.29, 0.717) is 6.54 Å². The van der Waals surface area contributed by atoms with E-state index in [-0.39, 0.29) is 18.1 Å². The summed E-state index contributed by atoms with van der Waals surface area (Å²) in [5.41, 5.74) is 0.837. The predicted molar refractivity (Wildman–Crippen MR) is 83.2 cm³/mol. The third-order valence-corrected chi connectivity index (χ3v) is 4.62. The van der Waals surface area contributed by atoms with Crippen LogP contribution < -0.4 is 5.32 Å². The van der Waals surface area contributed by atoms with Crippen LogP contribution in [0, 0.1) is 5.92 Å². The molecule has 110 valence electrons. The molecule has 2 rings (SSSR count). The van der Waals surface area contributed by atoms with Crippen molar-refractivity contribution in [3.05, 3.63) is 24.3 Å². The topological polar surface area (TPSA) is 52.6 Å². The molecule has 0 aromatic heterocycles. The van der Waals surface area contributed by atoms with Crippen molar-refractivity contribution in [2.45, 2.75) is 30.3 Å². The van der Waals surface area contributed by atoms with Crippen molar-refractivity contribution in [1.29, 1.82) is 0 Å². The molecule has 0 bridgehead atoms. The van der Waals surface area contributed by atoms with Gasteiger partial charge in [-0.25, -0.2) is 4.79 Å². The Kier molecular flexibility index (Phi) is 5.31.